The predicted octanol–water partition coefficient (Wildman–Crippen LogP) is 4.03. The van der Waals surface area contributed by atoms with Gasteiger partial charge >= 0.3 is 0 Å². The first-order valence-electron chi connectivity index (χ1n) is 8.78. The molecule has 3 heterocycles. The maximum Gasteiger partial charge on any atom is 0.219 e. The van der Waals surface area contributed by atoms with E-state index < -0.39 is 0 Å². The Bertz CT molecular complexity index is 977. The number of carbonyl (C=O) groups is 1. The minimum absolute atomic E-state index is 0.0333. The lowest BCUT2D eigenvalue weighted by atomic mass is 10.1. The van der Waals surface area contributed by atoms with Crippen molar-refractivity contribution in [1.29, 1.82) is 0 Å². The van der Waals surface area contributed by atoms with Gasteiger partial charge in [0, 0.05) is 31.5 Å². The highest BCUT2D eigenvalue weighted by Gasteiger charge is 2.25. The number of aromatic nitrogens is 2. The molecule has 1 N–H and O–H groups in total. The minimum Gasteiger partial charge on any atom is -0.488 e. The Labute approximate surface area is 162 Å². The molecule has 1 unspecified atom stereocenters. The first-order chi connectivity index (χ1) is 13.1. The SMILES string of the molecule is CC(=O)N1CCC(Oc2ccc3c(Nc4ccc(Cl)nc4)nccc3c2)C1. The molecule has 0 saturated carbocycles. The number of ether oxygens (including phenoxy) is 1. The molecule has 6 nitrogen and oxygen atoms in total. The Morgan fingerprint density at radius 3 is 2.89 bits per heavy atom. The fourth-order valence-corrected chi connectivity index (χ4v) is 3.33. The van der Waals surface area contributed by atoms with Crippen molar-refractivity contribution in [2.45, 2.75) is 19.4 Å². The number of amides is 1. The van der Waals surface area contributed by atoms with Gasteiger partial charge in [-0.05, 0) is 41.8 Å². The molecule has 3 aromatic rings. The number of likely N-dealkylation sites (tertiary alicyclic amines) is 1. The molecule has 0 bridgehead atoms. The number of rotatable bonds is 4. The first kappa shape index (κ1) is 17.5. The zero-order valence-electron chi connectivity index (χ0n) is 14.9. The molecule has 1 amide bonds. The molecule has 1 aromatic carbocycles. The zero-order chi connectivity index (χ0) is 18.8. The van der Waals surface area contributed by atoms with Gasteiger partial charge in [0.05, 0.1) is 18.4 Å². The highest BCUT2D eigenvalue weighted by atomic mass is 35.5. The Morgan fingerprint density at radius 1 is 1.26 bits per heavy atom. The summed E-state index contributed by atoms with van der Waals surface area (Å²) in [7, 11) is 0. The monoisotopic (exact) mass is 382 g/mol. The van der Waals surface area contributed by atoms with Crippen LogP contribution in [0, 0.1) is 0 Å². The van der Waals surface area contributed by atoms with Crippen LogP contribution in [-0.2, 0) is 4.79 Å². The molecule has 1 fully saturated rings. The maximum absolute atomic E-state index is 11.5. The summed E-state index contributed by atoms with van der Waals surface area (Å²) in [6, 6.07) is 11.5. The predicted molar refractivity (Wildman–Crippen MR) is 106 cm³/mol. The number of nitrogens with one attached hydrogen (secondary N) is 1. The van der Waals surface area contributed by atoms with Gasteiger partial charge in [0.25, 0.3) is 0 Å². The van der Waals surface area contributed by atoms with Crippen LogP contribution in [0.5, 0.6) is 5.75 Å². The standard InChI is InChI=1S/C20H19ClN4O2/c1-13(26)25-9-7-17(12-25)27-16-3-4-18-14(10-16)6-8-22-20(18)24-15-2-5-19(21)23-11-15/h2-6,8,10-11,17H,7,9,12H2,1H3,(H,22,24). The number of hydrogen-bond donors (Lipinski definition) is 1. The summed E-state index contributed by atoms with van der Waals surface area (Å²) in [5, 5.41) is 5.72. The van der Waals surface area contributed by atoms with Crippen LogP contribution >= 0.6 is 11.6 Å². The Kier molecular flexibility index (Phi) is 4.81. The zero-order valence-corrected chi connectivity index (χ0v) is 15.6. The largest absolute Gasteiger partial charge is 0.488 e. The van der Waals surface area contributed by atoms with Crippen molar-refractivity contribution in [3.8, 4) is 5.75 Å². The van der Waals surface area contributed by atoms with Crippen LogP contribution in [-0.4, -0.2) is 40.0 Å². The van der Waals surface area contributed by atoms with Gasteiger partial charge in [-0.25, -0.2) is 9.97 Å². The van der Waals surface area contributed by atoms with Crippen molar-refractivity contribution in [3.63, 3.8) is 0 Å². The number of hydrogen-bond acceptors (Lipinski definition) is 5. The molecule has 2 aromatic heterocycles. The van der Waals surface area contributed by atoms with Crippen LogP contribution < -0.4 is 10.1 Å². The summed E-state index contributed by atoms with van der Waals surface area (Å²) in [5.41, 5.74) is 0.815. The summed E-state index contributed by atoms with van der Waals surface area (Å²) in [5.74, 6) is 1.63. The maximum atomic E-state index is 11.5. The number of anilines is 2. The fourth-order valence-electron chi connectivity index (χ4n) is 3.22. The van der Waals surface area contributed by atoms with Gasteiger partial charge in [0.2, 0.25) is 5.91 Å². The van der Waals surface area contributed by atoms with Crippen molar-refractivity contribution in [3.05, 3.63) is 53.9 Å². The number of pyridine rings is 2. The van der Waals surface area contributed by atoms with Crippen LogP contribution in [0.15, 0.2) is 48.8 Å². The Balaban J connectivity index is 1.53. The van der Waals surface area contributed by atoms with E-state index >= 15 is 0 Å². The van der Waals surface area contributed by atoms with Gasteiger partial charge < -0.3 is 15.0 Å². The molecule has 1 atom stereocenters. The van der Waals surface area contributed by atoms with Gasteiger partial charge in [0.15, 0.2) is 0 Å². The van der Waals surface area contributed by atoms with Crippen LogP contribution in [0.1, 0.15) is 13.3 Å². The van der Waals surface area contributed by atoms with E-state index in [2.05, 4.69) is 15.3 Å². The molecule has 7 heteroatoms. The molecule has 1 aliphatic rings. The molecular formula is C20H19ClN4O2. The van der Waals surface area contributed by atoms with Crippen LogP contribution in [0.3, 0.4) is 0 Å². The quantitative estimate of drug-likeness (QED) is 0.690. The third-order valence-corrected chi connectivity index (χ3v) is 4.84. The fraction of sp³-hybridized carbons (Fsp3) is 0.250. The van der Waals surface area contributed by atoms with E-state index in [4.69, 9.17) is 16.3 Å². The number of benzene rings is 1. The summed E-state index contributed by atoms with van der Waals surface area (Å²) in [6.07, 6.45) is 4.31. The second-order valence-electron chi connectivity index (χ2n) is 6.53. The Morgan fingerprint density at radius 2 is 2.15 bits per heavy atom. The van der Waals surface area contributed by atoms with E-state index in [1.165, 1.54) is 0 Å². The molecule has 138 valence electrons. The summed E-state index contributed by atoms with van der Waals surface area (Å²) < 4.78 is 6.08. The third kappa shape index (κ3) is 3.95. The van der Waals surface area contributed by atoms with Crippen molar-refractivity contribution in [2.75, 3.05) is 18.4 Å². The highest BCUT2D eigenvalue weighted by Crippen LogP contribution is 2.29. The molecule has 0 spiro atoms. The first-order valence-corrected chi connectivity index (χ1v) is 9.16. The van der Waals surface area contributed by atoms with Gasteiger partial charge in [-0.1, -0.05) is 11.6 Å². The van der Waals surface area contributed by atoms with Gasteiger partial charge in [-0.2, -0.15) is 0 Å². The van der Waals surface area contributed by atoms with Crippen LogP contribution in [0.4, 0.5) is 11.5 Å². The lowest BCUT2D eigenvalue weighted by Crippen LogP contribution is -2.28. The van der Waals surface area contributed by atoms with E-state index in [0.29, 0.717) is 11.7 Å². The third-order valence-electron chi connectivity index (χ3n) is 4.62. The number of carbonyl (C=O) groups excluding carboxylic acids is 1. The number of nitrogens with zero attached hydrogens (tertiary/aromatic N) is 3. The smallest absolute Gasteiger partial charge is 0.219 e. The Hall–Kier alpha value is -2.86. The van der Waals surface area contributed by atoms with E-state index in [9.17, 15) is 4.79 Å². The normalized spacial score (nSPS) is 16.5. The number of fused-ring (bicyclic) bond motifs is 1. The second-order valence-corrected chi connectivity index (χ2v) is 6.92. The molecular weight excluding hydrogens is 364 g/mol. The molecule has 27 heavy (non-hydrogen) atoms. The molecule has 1 aliphatic heterocycles. The molecule has 0 radical (unpaired) electrons. The van der Waals surface area contributed by atoms with Crippen molar-refractivity contribution in [1.82, 2.24) is 14.9 Å². The summed E-state index contributed by atoms with van der Waals surface area (Å²) >= 11 is 5.83. The van der Waals surface area contributed by atoms with Gasteiger partial charge in [0.1, 0.15) is 22.8 Å². The average Bonchev–Trinajstić information content (AvgIpc) is 3.12. The van der Waals surface area contributed by atoms with Crippen molar-refractivity contribution < 1.29 is 9.53 Å². The lowest BCUT2D eigenvalue weighted by molar-refractivity contribution is -0.128. The summed E-state index contributed by atoms with van der Waals surface area (Å²) in [6.45, 7) is 2.98. The van der Waals surface area contributed by atoms with Crippen molar-refractivity contribution >= 4 is 39.8 Å². The van der Waals surface area contributed by atoms with E-state index in [1.807, 2.05) is 35.2 Å². The van der Waals surface area contributed by atoms with E-state index in [-0.39, 0.29) is 12.0 Å². The molecule has 0 aliphatic carbocycles. The second kappa shape index (κ2) is 7.40. The lowest BCUT2D eigenvalue weighted by Gasteiger charge is -2.16. The van der Waals surface area contributed by atoms with Gasteiger partial charge in [-0.3, -0.25) is 4.79 Å². The highest BCUT2D eigenvalue weighted by molar-refractivity contribution is 6.29. The topological polar surface area (TPSA) is 67.3 Å². The van der Waals surface area contributed by atoms with Gasteiger partial charge in [-0.15, -0.1) is 0 Å². The van der Waals surface area contributed by atoms with E-state index in [0.717, 1.165) is 41.0 Å². The average molecular weight is 383 g/mol. The number of halogens is 1. The van der Waals surface area contributed by atoms with Crippen LogP contribution in [0.25, 0.3) is 10.8 Å². The van der Waals surface area contributed by atoms with E-state index in [1.54, 1.807) is 25.4 Å². The summed E-state index contributed by atoms with van der Waals surface area (Å²) in [4.78, 5) is 21.8. The molecule has 1 saturated heterocycles. The van der Waals surface area contributed by atoms with Crippen molar-refractivity contribution in [2.24, 2.45) is 0 Å². The molecule has 4 rings (SSSR count). The minimum atomic E-state index is 0.0333. The van der Waals surface area contributed by atoms with Crippen LogP contribution in [0.2, 0.25) is 5.15 Å².